The Morgan fingerprint density at radius 1 is 0.885 bits per heavy atom. The largest absolute Gasteiger partial charge is 0.497 e. The van der Waals surface area contributed by atoms with Crippen molar-refractivity contribution in [1.29, 1.82) is 0 Å². The average Bonchev–Trinajstić information content (AvgIpc) is 2.68. The Morgan fingerprint density at radius 3 is 2.23 bits per heavy atom. The molecule has 0 aliphatic rings. The van der Waals surface area contributed by atoms with Crippen LogP contribution in [-0.4, -0.2) is 18.2 Å². The molecule has 0 bridgehead atoms. The van der Waals surface area contributed by atoms with E-state index in [1.807, 2.05) is 42.5 Å². The van der Waals surface area contributed by atoms with E-state index in [1.165, 1.54) is 11.1 Å². The summed E-state index contributed by atoms with van der Waals surface area (Å²) in [6, 6.07) is 24.5. The number of hydrogen-bond acceptors (Lipinski definition) is 2. The van der Waals surface area contributed by atoms with Gasteiger partial charge in [0, 0.05) is 6.42 Å². The molecule has 0 radical (unpaired) electrons. The molecule has 1 N–H and O–H groups in total. The maximum Gasteiger partial charge on any atom is 0.303 e. The minimum Gasteiger partial charge on any atom is -0.497 e. The number of carboxylic acids is 1. The Hall–Kier alpha value is -3.07. The lowest BCUT2D eigenvalue weighted by Gasteiger charge is -2.12. The van der Waals surface area contributed by atoms with Gasteiger partial charge in [0.1, 0.15) is 5.75 Å². The molecule has 0 heterocycles. The second kappa shape index (κ2) is 8.34. The summed E-state index contributed by atoms with van der Waals surface area (Å²) >= 11 is 0. The molecule has 0 spiro atoms. The van der Waals surface area contributed by atoms with Crippen molar-refractivity contribution < 1.29 is 14.6 Å². The molecular weight excluding hydrogens is 324 g/mol. The summed E-state index contributed by atoms with van der Waals surface area (Å²) < 4.78 is 5.23. The maximum absolute atomic E-state index is 11.0. The standard InChI is InChI=1S/C23H22O3/c1-26-22-12-9-18(10-13-22)20-8-7-19(11-14-23(24)25)21(16-20)15-17-5-3-2-4-6-17/h2-10,12-13,16H,11,14-15H2,1H3,(H,24,25). The van der Waals surface area contributed by atoms with E-state index in [9.17, 15) is 4.79 Å². The minimum absolute atomic E-state index is 0.143. The first-order chi connectivity index (χ1) is 12.7. The van der Waals surface area contributed by atoms with Gasteiger partial charge in [0.15, 0.2) is 0 Å². The second-order valence-electron chi connectivity index (χ2n) is 6.27. The van der Waals surface area contributed by atoms with Crippen molar-refractivity contribution in [2.24, 2.45) is 0 Å². The average molecular weight is 346 g/mol. The third kappa shape index (κ3) is 4.51. The Morgan fingerprint density at radius 2 is 1.58 bits per heavy atom. The molecule has 3 rings (SSSR count). The molecule has 3 nitrogen and oxygen atoms in total. The molecule has 0 amide bonds. The highest BCUT2D eigenvalue weighted by Gasteiger charge is 2.09. The molecule has 26 heavy (non-hydrogen) atoms. The third-order valence-corrected chi connectivity index (χ3v) is 4.48. The smallest absolute Gasteiger partial charge is 0.303 e. The lowest BCUT2D eigenvalue weighted by atomic mass is 9.93. The molecular formula is C23H22O3. The molecule has 0 atom stereocenters. The van der Waals surface area contributed by atoms with Crippen LogP contribution in [0, 0.1) is 0 Å². The Labute approximate surface area is 153 Å². The number of benzene rings is 3. The second-order valence-corrected chi connectivity index (χ2v) is 6.27. The summed E-state index contributed by atoms with van der Waals surface area (Å²) in [5.41, 5.74) is 5.72. The van der Waals surface area contributed by atoms with Crippen molar-refractivity contribution in [2.45, 2.75) is 19.3 Å². The SMILES string of the molecule is COc1ccc(-c2ccc(CCC(=O)O)c(Cc3ccccc3)c2)cc1. The molecule has 0 aliphatic carbocycles. The monoisotopic (exact) mass is 346 g/mol. The van der Waals surface area contributed by atoms with Crippen molar-refractivity contribution in [3.8, 4) is 16.9 Å². The Kier molecular flexibility index (Phi) is 5.69. The van der Waals surface area contributed by atoms with Crippen LogP contribution in [0.2, 0.25) is 0 Å². The van der Waals surface area contributed by atoms with Crippen LogP contribution < -0.4 is 4.74 Å². The number of rotatable bonds is 7. The van der Waals surface area contributed by atoms with E-state index in [4.69, 9.17) is 9.84 Å². The minimum atomic E-state index is -0.769. The fourth-order valence-electron chi connectivity index (χ4n) is 3.05. The zero-order valence-electron chi connectivity index (χ0n) is 14.8. The molecule has 0 saturated carbocycles. The van der Waals surface area contributed by atoms with Crippen molar-refractivity contribution in [1.82, 2.24) is 0 Å². The van der Waals surface area contributed by atoms with E-state index in [-0.39, 0.29) is 6.42 Å². The highest BCUT2D eigenvalue weighted by molar-refractivity contribution is 5.68. The fraction of sp³-hybridized carbons (Fsp3) is 0.174. The van der Waals surface area contributed by atoms with Crippen LogP contribution in [0.5, 0.6) is 5.75 Å². The van der Waals surface area contributed by atoms with Gasteiger partial charge in [0.2, 0.25) is 0 Å². The van der Waals surface area contributed by atoms with Crippen LogP contribution in [0.3, 0.4) is 0 Å². The van der Waals surface area contributed by atoms with Crippen LogP contribution in [-0.2, 0) is 17.6 Å². The maximum atomic E-state index is 11.0. The van der Waals surface area contributed by atoms with Crippen LogP contribution in [0.4, 0.5) is 0 Å². The first kappa shape index (κ1) is 17.7. The molecule has 3 heteroatoms. The number of aliphatic carboxylic acids is 1. The summed E-state index contributed by atoms with van der Waals surface area (Å²) in [7, 11) is 1.66. The fourth-order valence-corrected chi connectivity index (χ4v) is 3.05. The summed E-state index contributed by atoms with van der Waals surface area (Å²) in [4.78, 5) is 11.0. The molecule has 0 aromatic heterocycles. The molecule has 3 aromatic rings. The van der Waals surface area contributed by atoms with Gasteiger partial charge in [0.05, 0.1) is 7.11 Å². The molecule has 0 fully saturated rings. The topological polar surface area (TPSA) is 46.5 Å². The van der Waals surface area contributed by atoms with Crippen molar-refractivity contribution in [2.75, 3.05) is 7.11 Å². The van der Waals surface area contributed by atoms with Gasteiger partial charge in [-0.05, 0) is 52.8 Å². The third-order valence-electron chi connectivity index (χ3n) is 4.48. The van der Waals surface area contributed by atoms with Crippen LogP contribution in [0.1, 0.15) is 23.1 Å². The summed E-state index contributed by atoms with van der Waals surface area (Å²) in [6.45, 7) is 0. The lowest BCUT2D eigenvalue weighted by molar-refractivity contribution is -0.136. The molecule has 3 aromatic carbocycles. The number of aryl methyl sites for hydroxylation is 1. The van der Waals surface area contributed by atoms with Crippen LogP contribution >= 0.6 is 0 Å². The van der Waals surface area contributed by atoms with Crippen LogP contribution in [0.15, 0.2) is 72.8 Å². The Bertz CT molecular complexity index is 868. The predicted octanol–water partition coefficient (Wildman–Crippen LogP) is 4.97. The quantitative estimate of drug-likeness (QED) is 0.657. The number of carbonyl (C=O) groups is 1. The first-order valence-corrected chi connectivity index (χ1v) is 8.67. The molecule has 0 unspecified atom stereocenters. The van der Waals surface area contributed by atoms with E-state index in [1.54, 1.807) is 7.11 Å². The predicted molar refractivity (Wildman–Crippen MR) is 104 cm³/mol. The van der Waals surface area contributed by atoms with Crippen molar-refractivity contribution >= 4 is 5.97 Å². The molecule has 0 saturated heterocycles. The van der Waals surface area contributed by atoms with Crippen molar-refractivity contribution in [3.05, 3.63) is 89.5 Å². The zero-order chi connectivity index (χ0) is 18.4. The lowest BCUT2D eigenvalue weighted by Crippen LogP contribution is -2.02. The number of ether oxygens (including phenoxy) is 1. The normalized spacial score (nSPS) is 10.5. The van der Waals surface area contributed by atoms with Gasteiger partial charge in [-0.15, -0.1) is 0 Å². The molecule has 132 valence electrons. The van der Waals surface area contributed by atoms with Crippen molar-refractivity contribution in [3.63, 3.8) is 0 Å². The highest BCUT2D eigenvalue weighted by atomic mass is 16.5. The zero-order valence-corrected chi connectivity index (χ0v) is 14.8. The van der Waals surface area contributed by atoms with Gasteiger partial charge in [-0.2, -0.15) is 0 Å². The summed E-state index contributed by atoms with van der Waals surface area (Å²) in [5.74, 6) is 0.0613. The van der Waals surface area contributed by atoms with Crippen LogP contribution in [0.25, 0.3) is 11.1 Å². The Balaban J connectivity index is 1.94. The summed E-state index contributed by atoms with van der Waals surface area (Å²) in [6.07, 6.45) is 1.48. The van der Waals surface area contributed by atoms with Gasteiger partial charge < -0.3 is 9.84 Å². The van der Waals surface area contributed by atoms with E-state index in [0.29, 0.717) is 6.42 Å². The number of hydrogen-bond donors (Lipinski definition) is 1. The number of carboxylic acid groups (broad SMARTS) is 1. The van der Waals surface area contributed by atoms with Gasteiger partial charge in [-0.25, -0.2) is 0 Å². The van der Waals surface area contributed by atoms with E-state index in [0.717, 1.165) is 28.9 Å². The van der Waals surface area contributed by atoms with Gasteiger partial charge >= 0.3 is 5.97 Å². The van der Waals surface area contributed by atoms with E-state index in [2.05, 4.69) is 30.3 Å². The highest BCUT2D eigenvalue weighted by Crippen LogP contribution is 2.27. The molecule has 0 aliphatic heterocycles. The van der Waals surface area contributed by atoms with E-state index < -0.39 is 5.97 Å². The first-order valence-electron chi connectivity index (χ1n) is 8.67. The van der Waals surface area contributed by atoms with Gasteiger partial charge in [0.25, 0.3) is 0 Å². The van der Waals surface area contributed by atoms with E-state index >= 15 is 0 Å². The summed E-state index contributed by atoms with van der Waals surface area (Å²) in [5, 5.41) is 9.03. The van der Waals surface area contributed by atoms with Gasteiger partial charge in [-0.1, -0.05) is 60.7 Å². The van der Waals surface area contributed by atoms with Gasteiger partial charge in [-0.3, -0.25) is 4.79 Å². The number of methoxy groups -OCH3 is 1.